The summed E-state index contributed by atoms with van der Waals surface area (Å²) in [6, 6.07) is 5.70. The smallest absolute Gasteiger partial charge is 0.407 e. The maximum atomic E-state index is 13.9. The Morgan fingerprint density at radius 3 is 2.18 bits per heavy atom. The lowest BCUT2D eigenvalue weighted by Crippen LogP contribution is -2.58. The number of aromatic nitrogens is 1. The molecule has 4 amide bonds. The topological polar surface area (TPSA) is 178 Å². The highest BCUT2D eigenvalue weighted by molar-refractivity contribution is 7.13. The molecule has 0 saturated carbocycles. The van der Waals surface area contributed by atoms with Gasteiger partial charge in [-0.1, -0.05) is 45.0 Å². The first-order chi connectivity index (χ1) is 24.0. The first kappa shape index (κ1) is 41.8. The largest absolute Gasteiger partial charge is 0.444 e. The molecule has 14 nitrogen and oxygen atoms in total. The average molecular weight is 734 g/mol. The van der Waals surface area contributed by atoms with Crippen LogP contribution in [0.4, 0.5) is 4.79 Å². The molecule has 284 valence electrons. The molecule has 4 unspecified atom stereocenters. The maximum Gasteiger partial charge on any atom is 0.407 e. The zero-order chi connectivity index (χ0) is 37.8. The highest BCUT2D eigenvalue weighted by Crippen LogP contribution is 2.29. The van der Waals surface area contributed by atoms with Crippen molar-refractivity contribution in [1.82, 2.24) is 25.8 Å². The van der Waals surface area contributed by atoms with Gasteiger partial charge in [-0.05, 0) is 51.2 Å². The summed E-state index contributed by atoms with van der Waals surface area (Å²) in [5, 5.41) is 18.9. The Morgan fingerprint density at radius 1 is 0.961 bits per heavy atom. The fourth-order valence-electron chi connectivity index (χ4n) is 5.36. The number of thiazole rings is 1. The molecule has 1 aliphatic rings. The summed E-state index contributed by atoms with van der Waals surface area (Å²) in [4.78, 5) is 58.6. The lowest BCUT2D eigenvalue weighted by molar-refractivity contribution is -0.144. The molecule has 4 atom stereocenters. The minimum atomic E-state index is -0.965. The van der Waals surface area contributed by atoms with Crippen molar-refractivity contribution in [2.45, 2.75) is 91.6 Å². The van der Waals surface area contributed by atoms with Crippen LogP contribution in [0.1, 0.15) is 72.2 Å². The highest BCUT2D eigenvalue weighted by atomic mass is 32.1. The molecular weight excluding hydrogens is 678 g/mol. The van der Waals surface area contributed by atoms with Gasteiger partial charge in [0, 0.05) is 19.5 Å². The number of aliphatic hydroxyl groups is 1. The number of β-amino-alcohol motifs (C(OH)–C–C–N with tert-alkyl or cyclic N) is 1. The second-order valence-corrected chi connectivity index (χ2v) is 15.4. The fraction of sp³-hybridized carbons (Fsp3) is 0.639. The summed E-state index contributed by atoms with van der Waals surface area (Å²) in [5.41, 5.74) is 3.46. The van der Waals surface area contributed by atoms with Crippen molar-refractivity contribution in [1.29, 1.82) is 0 Å². The van der Waals surface area contributed by atoms with Crippen LogP contribution in [0.5, 0.6) is 0 Å². The van der Waals surface area contributed by atoms with Crippen LogP contribution in [0, 0.1) is 12.3 Å². The monoisotopic (exact) mass is 733 g/mol. The predicted molar refractivity (Wildman–Crippen MR) is 193 cm³/mol. The predicted octanol–water partition coefficient (Wildman–Crippen LogP) is 3.36. The van der Waals surface area contributed by atoms with Crippen molar-refractivity contribution >= 4 is 35.2 Å². The number of likely N-dealkylation sites (tertiary alicyclic amines) is 1. The molecule has 2 aromatic rings. The van der Waals surface area contributed by atoms with Crippen LogP contribution >= 0.6 is 11.3 Å². The number of hydrogen-bond acceptors (Lipinski definition) is 11. The maximum absolute atomic E-state index is 13.9. The number of carbonyl (C=O) groups is 4. The molecule has 0 spiro atoms. The number of carbonyl (C=O) groups excluding carboxylic acids is 4. The number of ether oxygens (including phenoxy) is 4. The van der Waals surface area contributed by atoms with E-state index in [1.807, 2.05) is 64.4 Å². The van der Waals surface area contributed by atoms with Crippen LogP contribution in [-0.2, 0) is 33.3 Å². The summed E-state index contributed by atoms with van der Waals surface area (Å²) < 4.78 is 21.5. The summed E-state index contributed by atoms with van der Waals surface area (Å²) in [6.07, 6.45) is -1.29. The molecule has 0 aliphatic carbocycles. The van der Waals surface area contributed by atoms with Crippen molar-refractivity contribution in [3.8, 4) is 10.4 Å². The van der Waals surface area contributed by atoms with Gasteiger partial charge in [0.05, 0.1) is 61.3 Å². The molecular formula is C36H55N5O9S. The van der Waals surface area contributed by atoms with Crippen LogP contribution in [0.15, 0.2) is 29.8 Å². The molecule has 1 aromatic heterocycles. The number of nitrogens with zero attached hydrogens (tertiary/aromatic N) is 2. The number of amides is 4. The van der Waals surface area contributed by atoms with Gasteiger partial charge >= 0.3 is 6.09 Å². The van der Waals surface area contributed by atoms with Crippen molar-refractivity contribution < 1.29 is 43.2 Å². The Bertz CT molecular complexity index is 1440. The van der Waals surface area contributed by atoms with Gasteiger partial charge in [-0.3, -0.25) is 14.4 Å². The summed E-state index contributed by atoms with van der Waals surface area (Å²) in [7, 11) is 0. The van der Waals surface area contributed by atoms with E-state index in [1.165, 1.54) is 4.90 Å². The quantitative estimate of drug-likeness (QED) is 0.176. The minimum Gasteiger partial charge on any atom is -0.444 e. The first-order valence-corrected chi connectivity index (χ1v) is 18.1. The molecule has 51 heavy (non-hydrogen) atoms. The molecule has 1 fully saturated rings. The normalized spacial score (nSPS) is 17.5. The molecule has 0 bridgehead atoms. The number of alkyl carbamates (subject to hydrolysis) is 1. The van der Waals surface area contributed by atoms with Gasteiger partial charge in [0.25, 0.3) is 0 Å². The number of aliphatic hydroxyl groups excluding tert-OH is 1. The van der Waals surface area contributed by atoms with E-state index in [-0.39, 0.29) is 44.7 Å². The third kappa shape index (κ3) is 13.8. The Hall–Kier alpha value is -3.63. The molecule has 4 N–H and O–H groups in total. The number of hydrogen-bond donors (Lipinski definition) is 4. The van der Waals surface area contributed by atoms with Crippen LogP contribution in [0.2, 0.25) is 0 Å². The number of aryl methyl sites for hydroxylation is 1. The molecule has 3 rings (SSSR count). The first-order valence-electron chi connectivity index (χ1n) is 17.2. The van der Waals surface area contributed by atoms with Crippen molar-refractivity contribution in [3.63, 3.8) is 0 Å². The van der Waals surface area contributed by atoms with Gasteiger partial charge < -0.3 is 44.9 Å². The van der Waals surface area contributed by atoms with Gasteiger partial charge in [0.2, 0.25) is 17.7 Å². The third-order valence-electron chi connectivity index (χ3n) is 7.95. The Morgan fingerprint density at radius 2 is 1.59 bits per heavy atom. The highest BCUT2D eigenvalue weighted by Gasteiger charge is 2.44. The molecule has 0 radical (unpaired) electrons. The summed E-state index contributed by atoms with van der Waals surface area (Å²) >= 11 is 1.57. The molecule has 1 saturated heterocycles. The third-order valence-corrected chi connectivity index (χ3v) is 8.93. The average Bonchev–Trinajstić information content (AvgIpc) is 3.66. The lowest BCUT2D eigenvalue weighted by atomic mass is 9.85. The van der Waals surface area contributed by atoms with Gasteiger partial charge in [-0.15, -0.1) is 11.3 Å². The minimum absolute atomic E-state index is 0.0194. The van der Waals surface area contributed by atoms with E-state index in [0.717, 1.165) is 21.7 Å². The molecule has 2 heterocycles. The molecule has 1 aromatic carbocycles. The SMILES string of the molecule is Cc1ncsc1-c1ccc(C(C)NC(=O)C2CC(O)CN2C(=O)C(NC(=O)COCCOCCOCCNC(=O)OC(C)(C)C)C(C)(C)C)cc1. The van der Waals surface area contributed by atoms with Gasteiger partial charge in [0.1, 0.15) is 24.3 Å². The number of rotatable bonds is 17. The van der Waals surface area contributed by atoms with E-state index in [4.69, 9.17) is 18.9 Å². The van der Waals surface area contributed by atoms with Gasteiger partial charge in [-0.2, -0.15) is 0 Å². The van der Waals surface area contributed by atoms with Gasteiger partial charge in [-0.25, -0.2) is 9.78 Å². The van der Waals surface area contributed by atoms with E-state index >= 15 is 0 Å². The lowest BCUT2D eigenvalue weighted by Gasteiger charge is -2.35. The van der Waals surface area contributed by atoms with Crippen molar-refractivity contribution in [2.75, 3.05) is 52.7 Å². The molecule has 15 heteroatoms. The van der Waals surface area contributed by atoms with Crippen LogP contribution in [-0.4, -0.2) is 115 Å². The fourth-order valence-corrected chi connectivity index (χ4v) is 6.17. The Balaban J connectivity index is 1.42. The van der Waals surface area contributed by atoms with Crippen LogP contribution in [0.3, 0.4) is 0 Å². The Labute approximate surface area is 305 Å². The van der Waals surface area contributed by atoms with Crippen molar-refractivity contribution in [3.05, 3.63) is 41.0 Å². The van der Waals surface area contributed by atoms with E-state index in [0.29, 0.717) is 26.4 Å². The van der Waals surface area contributed by atoms with E-state index < -0.39 is 47.1 Å². The molecule has 1 aliphatic heterocycles. The van der Waals surface area contributed by atoms with E-state index in [9.17, 15) is 24.3 Å². The van der Waals surface area contributed by atoms with Crippen LogP contribution in [0.25, 0.3) is 10.4 Å². The standard InChI is InChI=1S/C36H55N5O9S/c1-23(25-9-11-26(12-10-25)30-24(2)38-22-51-30)39-32(44)28-19-27(42)20-41(28)33(45)31(35(3,4)5)40-29(43)21-49-18-17-48-16-15-47-14-13-37-34(46)50-36(6,7)8/h9-12,22-23,27-28,31,42H,13-21H2,1-8H3,(H,37,46)(H,39,44)(H,40,43). The van der Waals surface area contributed by atoms with Crippen molar-refractivity contribution in [2.24, 2.45) is 5.41 Å². The van der Waals surface area contributed by atoms with E-state index in [1.54, 1.807) is 32.1 Å². The zero-order valence-electron chi connectivity index (χ0n) is 31.1. The second kappa shape index (κ2) is 19.3. The number of benzene rings is 1. The Kier molecular flexibility index (Phi) is 15.8. The second-order valence-electron chi connectivity index (χ2n) is 14.6. The van der Waals surface area contributed by atoms with Gasteiger partial charge in [0.15, 0.2) is 0 Å². The number of nitrogens with one attached hydrogen (secondary N) is 3. The van der Waals surface area contributed by atoms with Crippen LogP contribution < -0.4 is 16.0 Å². The summed E-state index contributed by atoms with van der Waals surface area (Å²) in [5.74, 6) is -1.32. The summed E-state index contributed by atoms with van der Waals surface area (Å²) in [6.45, 7) is 15.9. The zero-order valence-corrected chi connectivity index (χ0v) is 31.9. The van der Waals surface area contributed by atoms with E-state index in [2.05, 4.69) is 20.9 Å².